The van der Waals surface area contributed by atoms with Gasteiger partial charge in [-0.05, 0) is 31.2 Å². The molecule has 0 radical (unpaired) electrons. The number of Topliss-reactive ketones (excluding diaryl/α,β-unsaturated/α-hetero) is 1. The van der Waals surface area contributed by atoms with Crippen LogP contribution in [0.5, 0.6) is 5.75 Å². The van der Waals surface area contributed by atoms with Gasteiger partial charge in [0.05, 0.1) is 24.0 Å². The second kappa shape index (κ2) is 7.91. The van der Waals surface area contributed by atoms with Crippen LogP contribution in [0.4, 0.5) is 11.4 Å². The van der Waals surface area contributed by atoms with Gasteiger partial charge in [0.2, 0.25) is 0 Å². The molecule has 0 aliphatic carbocycles. The summed E-state index contributed by atoms with van der Waals surface area (Å²) in [5.41, 5.74) is 1.02. The molecule has 2 aromatic carbocycles. The minimum absolute atomic E-state index is 0.237. The van der Waals surface area contributed by atoms with E-state index in [-0.39, 0.29) is 5.56 Å². The Morgan fingerprint density at radius 3 is 2.50 bits per heavy atom. The fraction of sp³-hybridized carbons (Fsp3) is 0.200. The third-order valence-corrected chi connectivity index (χ3v) is 4.28. The van der Waals surface area contributed by atoms with E-state index in [9.17, 15) is 19.2 Å². The Labute approximate surface area is 161 Å². The molecule has 28 heavy (non-hydrogen) atoms. The van der Waals surface area contributed by atoms with Gasteiger partial charge in [0.15, 0.2) is 6.61 Å². The number of amides is 2. The summed E-state index contributed by atoms with van der Waals surface area (Å²) in [6.45, 7) is 0.895. The van der Waals surface area contributed by atoms with Crippen molar-refractivity contribution in [2.45, 2.75) is 13.0 Å². The molecule has 0 bridgehead atoms. The van der Waals surface area contributed by atoms with Gasteiger partial charge in [0.1, 0.15) is 11.8 Å². The van der Waals surface area contributed by atoms with Crippen LogP contribution < -0.4 is 15.0 Å². The number of esters is 1. The van der Waals surface area contributed by atoms with Gasteiger partial charge in [-0.2, -0.15) is 0 Å². The van der Waals surface area contributed by atoms with E-state index in [2.05, 4.69) is 5.32 Å². The van der Waals surface area contributed by atoms with Gasteiger partial charge in [-0.1, -0.05) is 24.3 Å². The van der Waals surface area contributed by atoms with Crippen molar-refractivity contribution in [3.05, 3.63) is 54.1 Å². The number of methoxy groups -OCH3 is 1. The van der Waals surface area contributed by atoms with Crippen molar-refractivity contribution >= 4 is 34.9 Å². The Bertz CT molecular complexity index is 955. The number of benzene rings is 2. The molecule has 1 atom stereocenters. The number of anilines is 2. The predicted octanol–water partition coefficient (Wildman–Crippen LogP) is 1.79. The largest absolute Gasteiger partial charge is 0.495 e. The topological polar surface area (TPSA) is 102 Å². The van der Waals surface area contributed by atoms with Crippen molar-refractivity contribution in [2.75, 3.05) is 23.9 Å². The van der Waals surface area contributed by atoms with Gasteiger partial charge in [-0.25, -0.2) is 4.79 Å². The molecular formula is C20H18N2O6. The fourth-order valence-electron chi connectivity index (χ4n) is 2.89. The lowest BCUT2D eigenvalue weighted by atomic mass is 10.1. The average molecular weight is 382 g/mol. The van der Waals surface area contributed by atoms with Crippen molar-refractivity contribution in [1.29, 1.82) is 0 Å². The molecule has 2 amide bonds. The van der Waals surface area contributed by atoms with Gasteiger partial charge in [-0.3, -0.25) is 19.3 Å². The molecule has 1 aliphatic rings. The monoisotopic (exact) mass is 382 g/mol. The molecular weight excluding hydrogens is 364 g/mol. The number of carbonyl (C=O) groups is 4. The van der Waals surface area contributed by atoms with Crippen LogP contribution in [0.1, 0.15) is 17.3 Å². The van der Waals surface area contributed by atoms with Gasteiger partial charge < -0.3 is 14.8 Å². The minimum Gasteiger partial charge on any atom is -0.495 e. The summed E-state index contributed by atoms with van der Waals surface area (Å²) in [6.07, 6.45) is 0. The summed E-state index contributed by atoms with van der Waals surface area (Å²) >= 11 is 0. The standard InChI is InChI=1S/C20H18N2O6/c1-12(22-15-9-5-3-7-13(15)18(24)19(22)25)20(26)28-11-17(23)21-14-8-4-6-10-16(14)27-2/h3-10,12H,11H2,1-2H3,(H,21,23)/t12-/m0/s1. The highest BCUT2D eigenvalue weighted by Gasteiger charge is 2.41. The molecule has 3 rings (SSSR count). The molecule has 144 valence electrons. The molecule has 0 aromatic heterocycles. The highest BCUT2D eigenvalue weighted by atomic mass is 16.5. The first kappa shape index (κ1) is 19.1. The van der Waals surface area contributed by atoms with E-state index in [1.165, 1.54) is 20.1 Å². The summed E-state index contributed by atoms with van der Waals surface area (Å²) in [4.78, 5) is 49.8. The quantitative estimate of drug-likeness (QED) is 0.604. The van der Waals surface area contributed by atoms with Crippen LogP contribution in [-0.4, -0.2) is 43.3 Å². The first-order valence-electron chi connectivity index (χ1n) is 8.50. The maximum Gasteiger partial charge on any atom is 0.329 e. The van der Waals surface area contributed by atoms with Crippen LogP contribution in [0.25, 0.3) is 0 Å². The molecule has 8 nitrogen and oxygen atoms in total. The number of ether oxygens (including phenoxy) is 2. The number of hydrogen-bond acceptors (Lipinski definition) is 6. The second-order valence-corrected chi connectivity index (χ2v) is 6.05. The molecule has 0 unspecified atom stereocenters. The van der Waals surface area contributed by atoms with Gasteiger partial charge >= 0.3 is 5.97 Å². The zero-order valence-corrected chi connectivity index (χ0v) is 15.3. The molecule has 8 heteroatoms. The first-order valence-corrected chi connectivity index (χ1v) is 8.50. The van der Waals surface area contributed by atoms with E-state index in [0.717, 1.165) is 4.90 Å². The van der Waals surface area contributed by atoms with Crippen molar-refractivity contribution in [1.82, 2.24) is 0 Å². The van der Waals surface area contributed by atoms with Crippen molar-refractivity contribution in [3.63, 3.8) is 0 Å². The third-order valence-electron chi connectivity index (χ3n) is 4.28. The predicted molar refractivity (Wildman–Crippen MR) is 100 cm³/mol. The average Bonchev–Trinajstić information content (AvgIpc) is 2.96. The smallest absolute Gasteiger partial charge is 0.329 e. The maximum atomic E-state index is 12.3. The van der Waals surface area contributed by atoms with E-state index < -0.39 is 36.2 Å². The summed E-state index contributed by atoms with van der Waals surface area (Å²) in [5, 5.41) is 2.58. The van der Waals surface area contributed by atoms with E-state index in [4.69, 9.17) is 9.47 Å². The number of nitrogens with zero attached hydrogens (tertiary/aromatic N) is 1. The van der Waals surface area contributed by atoms with Crippen LogP contribution in [0.3, 0.4) is 0 Å². The lowest BCUT2D eigenvalue weighted by molar-refractivity contribution is -0.148. The number of fused-ring (bicyclic) bond motifs is 1. The lowest BCUT2D eigenvalue weighted by Gasteiger charge is -2.22. The van der Waals surface area contributed by atoms with E-state index >= 15 is 0 Å². The summed E-state index contributed by atoms with van der Waals surface area (Å²) in [6, 6.07) is 12.1. The normalized spacial score (nSPS) is 13.7. The number of nitrogens with one attached hydrogen (secondary N) is 1. The van der Waals surface area contributed by atoms with Gasteiger partial charge in [0, 0.05) is 0 Å². The fourth-order valence-corrected chi connectivity index (χ4v) is 2.89. The summed E-state index contributed by atoms with van der Waals surface area (Å²) < 4.78 is 10.2. The molecule has 0 saturated heterocycles. The van der Waals surface area contributed by atoms with Crippen LogP contribution in [-0.2, 0) is 19.1 Å². The Hall–Kier alpha value is -3.68. The number of ketones is 1. The van der Waals surface area contributed by atoms with Crippen LogP contribution in [0.2, 0.25) is 0 Å². The Kier molecular flexibility index (Phi) is 5.39. The lowest BCUT2D eigenvalue weighted by Crippen LogP contribution is -2.44. The highest BCUT2D eigenvalue weighted by molar-refractivity contribution is 6.52. The number of carbonyl (C=O) groups excluding carboxylic acids is 4. The van der Waals surface area contributed by atoms with E-state index in [0.29, 0.717) is 17.1 Å². The summed E-state index contributed by atoms with van der Waals surface area (Å²) in [7, 11) is 1.47. The number of para-hydroxylation sites is 3. The second-order valence-electron chi connectivity index (χ2n) is 6.05. The molecule has 0 saturated carbocycles. The van der Waals surface area contributed by atoms with Crippen LogP contribution >= 0.6 is 0 Å². The van der Waals surface area contributed by atoms with Crippen LogP contribution in [0.15, 0.2) is 48.5 Å². The zero-order valence-electron chi connectivity index (χ0n) is 15.3. The molecule has 1 heterocycles. The molecule has 0 spiro atoms. The third kappa shape index (κ3) is 3.57. The van der Waals surface area contributed by atoms with Crippen molar-refractivity contribution < 1.29 is 28.7 Å². The minimum atomic E-state index is -1.06. The Balaban J connectivity index is 1.63. The zero-order chi connectivity index (χ0) is 20.3. The maximum absolute atomic E-state index is 12.3. The van der Waals surface area contributed by atoms with Crippen LogP contribution in [0, 0.1) is 0 Å². The van der Waals surface area contributed by atoms with Crippen molar-refractivity contribution in [3.8, 4) is 5.75 Å². The Morgan fingerprint density at radius 1 is 1.07 bits per heavy atom. The van der Waals surface area contributed by atoms with Gasteiger partial charge in [0.25, 0.3) is 17.6 Å². The van der Waals surface area contributed by atoms with Gasteiger partial charge in [-0.15, -0.1) is 0 Å². The first-order chi connectivity index (χ1) is 13.4. The summed E-state index contributed by atoms with van der Waals surface area (Å²) in [5.74, 6) is -2.37. The Morgan fingerprint density at radius 2 is 1.75 bits per heavy atom. The number of hydrogen-bond donors (Lipinski definition) is 1. The molecule has 1 aliphatic heterocycles. The highest BCUT2D eigenvalue weighted by Crippen LogP contribution is 2.30. The SMILES string of the molecule is COc1ccccc1NC(=O)COC(=O)[C@H](C)N1C(=O)C(=O)c2ccccc21. The van der Waals surface area contributed by atoms with Crippen molar-refractivity contribution in [2.24, 2.45) is 0 Å². The van der Waals surface area contributed by atoms with E-state index in [1.54, 1.807) is 42.5 Å². The van der Waals surface area contributed by atoms with E-state index in [1.807, 2.05) is 0 Å². The molecule has 1 N–H and O–H groups in total. The molecule has 0 fully saturated rings. The molecule has 2 aromatic rings. The number of rotatable bonds is 6.